The number of aliphatic hydroxyl groups is 2. The quantitative estimate of drug-likeness (QED) is 0.0315. The summed E-state index contributed by atoms with van der Waals surface area (Å²) in [4.78, 5) is 0. The van der Waals surface area contributed by atoms with Gasteiger partial charge in [-0.2, -0.15) is 23.5 Å². The maximum absolute atomic E-state index is 13.9. The average Bonchev–Trinajstić information content (AvgIpc) is 3.37. The molecule has 0 aliphatic carbocycles. The van der Waals surface area contributed by atoms with E-state index in [0.29, 0.717) is 33.0 Å². The van der Waals surface area contributed by atoms with Gasteiger partial charge < -0.3 is 14.7 Å². The van der Waals surface area contributed by atoms with Crippen molar-refractivity contribution in [2.75, 3.05) is 72.2 Å². The summed E-state index contributed by atoms with van der Waals surface area (Å²) in [5, 5.41) is 22.9. The lowest BCUT2D eigenvalue weighted by molar-refractivity contribution is -0.869. The van der Waals surface area contributed by atoms with Gasteiger partial charge in [-0.1, -0.05) is 258 Å². The standard InChI is InChI=1S/C63H132N2O5PS2/c1-6-8-10-12-20-30-40-50-62(72-60-48-38-28-18-14-16-24-34-44-56-66)52-42-32-22-26-36-46-58-69-71(68,64-54-55-65(3,4)5)70-59-47-37-27-23-33-43-53-63(51-41-31-21-13-11-9-7-2)73-61-49-39-29-19-15-17-25-35-45-57-67/h62-63,66-67H,6-61H2,1-5H3,(H,64,68)/q+1. The second-order valence-corrected chi connectivity index (χ2v) is 28.2. The molecule has 0 heterocycles. The Bertz CT molecular complexity index is 1030. The summed E-state index contributed by atoms with van der Waals surface area (Å²) >= 11 is 4.57. The Balaban J connectivity index is 4.55. The van der Waals surface area contributed by atoms with Crippen LogP contribution in [0.4, 0.5) is 0 Å². The molecule has 73 heavy (non-hydrogen) atoms. The lowest BCUT2D eigenvalue weighted by Gasteiger charge is -2.25. The molecule has 7 nitrogen and oxygen atoms in total. The minimum Gasteiger partial charge on any atom is -0.396 e. The normalized spacial score (nSPS) is 13.8. The van der Waals surface area contributed by atoms with Crippen LogP contribution in [0.5, 0.6) is 0 Å². The zero-order valence-corrected chi connectivity index (χ0v) is 52.6. The number of aliphatic hydroxyl groups excluding tert-OH is 2. The van der Waals surface area contributed by atoms with Crippen molar-refractivity contribution in [3.8, 4) is 0 Å². The zero-order chi connectivity index (χ0) is 53.3. The number of thioether (sulfide) groups is 2. The molecular formula is C63H132N2O5PS2+. The van der Waals surface area contributed by atoms with E-state index in [1.54, 1.807) is 0 Å². The van der Waals surface area contributed by atoms with Crippen LogP contribution >= 0.6 is 31.3 Å². The summed E-state index contributed by atoms with van der Waals surface area (Å²) in [5.74, 6) is 2.68. The topological polar surface area (TPSA) is 88.0 Å². The van der Waals surface area contributed by atoms with E-state index in [9.17, 15) is 4.57 Å². The molecule has 0 aromatic carbocycles. The van der Waals surface area contributed by atoms with Gasteiger partial charge in [0.05, 0.1) is 47.4 Å². The second-order valence-electron chi connectivity index (χ2n) is 23.5. The van der Waals surface area contributed by atoms with Gasteiger partial charge in [-0.3, -0.25) is 9.05 Å². The molecule has 0 saturated carbocycles. The van der Waals surface area contributed by atoms with E-state index < -0.39 is 7.75 Å². The summed E-state index contributed by atoms with van der Waals surface area (Å²) in [7, 11) is 3.18. The van der Waals surface area contributed by atoms with E-state index >= 15 is 0 Å². The molecule has 0 fully saturated rings. The van der Waals surface area contributed by atoms with E-state index in [2.05, 4.69) is 63.6 Å². The van der Waals surface area contributed by atoms with Crippen molar-refractivity contribution in [2.24, 2.45) is 0 Å². The maximum Gasteiger partial charge on any atom is 0.405 e. The average molecular weight is 1090 g/mol. The molecule has 0 amide bonds. The number of rotatable bonds is 64. The summed E-state index contributed by atoms with van der Waals surface area (Å²) in [6.07, 6.45) is 63.2. The van der Waals surface area contributed by atoms with Gasteiger partial charge in [0.25, 0.3) is 0 Å². The van der Waals surface area contributed by atoms with E-state index in [1.807, 2.05) is 0 Å². The first-order valence-electron chi connectivity index (χ1n) is 32.6. The van der Waals surface area contributed by atoms with Crippen LogP contribution in [0.3, 0.4) is 0 Å². The molecule has 0 saturated heterocycles. The van der Waals surface area contributed by atoms with Gasteiger partial charge >= 0.3 is 7.75 Å². The molecular weight excluding hydrogens is 960 g/mol. The van der Waals surface area contributed by atoms with Gasteiger partial charge in [0.15, 0.2) is 0 Å². The van der Waals surface area contributed by atoms with Crippen molar-refractivity contribution in [1.82, 2.24) is 5.09 Å². The molecule has 0 aromatic rings. The van der Waals surface area contributed by atoms with Crippen LogP contribution in [0.1, 0.15) is 322 Å². The van der Waals surface area contributed by atoms with Crippen LogP contribution in [-0.2, 0) is 13.6 Å². The van der Waals surface area contributed by atoms with Gasteiger partial charge in [-0.05, 0) is 75.7 Å². The smallest absolute Gasteiger partial charge is 0.396 e. The minimum atomic E-state index is -3.33. The predicted octanol–water partition coefficient (Wildman–Crippen LogP) is 20.4. The van der Waals surface area contributed by atoms with Gasteiger partial charge in [-0.15, -0.1) is 0 Å². The van der Waals surface area contributed by atoms with Crippen molar-refractivity contribution < 1.29 is 28.3 Å². The van der Waals surface area contributed by atoms with Gasteiger partial charge in [-0.25, -0.2) is 9.65 Å². The summed E-state index contributed by atoms with van der Waals surface area (Å²) in [5.41, 5.74) is 0. The summed E-state index contributed by atoms with van der Waals surface area (Å²) < 4.78 is 26.9. The van der Waals surface area contributed by atoms with Crippen LogP contribution in [-0.4, -0.2) is 97.4 Å². The van der Waals surface area contributed by atoms with Crippen LogP contribution < -0.4 is 5.09 Å². The maximum atomic E-state index is 13.9. The molecule has 0 aliphatic heterocycles. The predicted molar refractivity (Wildman–Crippen MR) is 330 cm³/mol. The van der Waals surface area contributed by atoms with Crippen LogP contribution in [0.15, 0.2) is 0 Å². The fourth-order valence-corrected chi connectivity index (χ4v) is 14.2. The highest BCUT2D eigenvalue weighted by molar-refractivity contribution is 8.00. The third-order valence-electron chi connectivity index (χ3n) is 15.0. The molecule has 0 bridgehead atoms. The Kier molecular flexibility index (Phi) is 59.4. The Morgan fingerprint density at radius 3 is 0.932 bits per heavy atom. The molecule has 0 radical (unpaired) electrons. The molecule has 0 aromatic heterocycles. The fraction of sp³-hybridized carbons (Fsp3) is 1.00. The highest BCUT2D eigenvalue weighted by atomic mass is 32.2. The first-order valence-corrected chi connectivity index (χ1v) is 36.2. The van der Waals surface area contributed by atoms with Gasteiger partial charge in [0, 0.05) is 23.7 Å². The fourth-order valence-electron chi connectivity index (χ4n) is 10.1. The van der Waals surface area contributed by atoms with Crippen LogP contribution in [0.25, 0.3) is 0 Å². The van der Waals surface area contributed by atoms with E-state index in [-0.39, 0.29) is 0 Å². The number of hydrogen-bond acceptors (Lipinski definition) is 7. The molecule has 440 valence electrons. The number of quaternary nitrogens is 1. The van der Waals surface area contributed by atoms with Crippen molar-refractivity contribution in [2.45, 2.75) is 333 Å². The number of nitrogens with zero attached hydrogens (tertiary/aromatic N) is 1. The molecule has 2 unspecified atom stereocenters. The van der Waals surface area contributed by atoms with E-state index in [1.165, 1.54) is 281 Å². The Hall–Kier alpha value is 0.690. The summed E-state index contributed by atoms with van der Waals surface area (Å²) in [6, 6.07) is 0. The van der Waals surface area contributed by atoms with Gasteiger partial charge in [0.2, 0.25) is 0 Å². The Morgan fingerprint density at radius 2 is 0.644 bits per heavy atom. The number of hydrogen-bond donors (Lipinski definition) is 3. The van der Waals surface area contributed by atoms with Crippen molar-refractivity contribution in [1.29, 1.82) is 0 Å². The first-order chi connectivity index (χ1) is 35.7. The second kappa shape index (κ2) is 58.8. The van der Waals surface area contributed by atoms with E-state index in [0.717, 1.165) is 60.1 Å². The van der Waals surface area contributed by atoms with Crippen molar-refractivity contribution in [3.63, 3.8) is 0 Å². The molecule has 0 rings (SSSR count). The van der Waals surface area contributed by atoms with Crippen LogP contribution in [0.2, 0.25) is 0 Å². The van der Waals surface area contributed by atoms with Crippen molar-refractivity contribution in [3.05, 3.63) is 0 Å². The summed E-state index contributed by atoms with van der Waals surface area (Å²) in [6.45, 7) is 7.82. The molecule has 3 N–H and O–H groups in total. The minimum absolute atomic E-state index is 0.351. The molecule has 0 aliphatic rings. The molecule has 2 atom stereocenters. The lowest BCUT2D eigenvalue weighted by atomic mass is 10.0. The zero-order valence-electron chi connectivity index (χ0n) is 50.1. The monoisotopic (exact) mass is 1090 g/mol. The highest BCUT2D eigenvalue weighted by Gasteiger charge is 2.25. The number of likely N-dealkylation sites (N-methyl/N-ethyl adjacent to an activating group) is 1. The molecule has 10 heteroatoms. The van der Waals surface area contributed by atoms with Crippen molar-refractivity contribution >= 4 is 31.3 Å². The third kappa shape index (κ3) is 58.7. The lowest BCUT2D eigenvalue weighted by Crippen LogP contribution is -2.40. The SMILES string of the molecule is CCCCCCCCCC(CCCCCCCCOP(=O)(NCC[N+](C)(C)C)OCCCCCCCCC(CCCCCCCCC)SCCCCCCCCCCCO)SCCCCCCCCCCCO. The number of nitrogens with one attached hydrogen (secondary N) is 1. The highest BCUT2D eigenvalue weighted by Crippen LogP contribution is 2.44. The van der Waals surface area contributed by atoms with Crippen LogP contribution in [0, 0.1) is 0 Å². The third-order valence-corrected chi connectivity index (χ3v) is 19.6. The van der Waals surface area contributed by atoms with Gasteiger partial charge in [0.1, 0.15) is 0 Å². The first kappa shape index (κ1) is 73.7. The Morgan fingerprint density at radius 1 is 0.384 bits per heavy atom. The molecule has 0 spiro atoms. The number of unbranched alkanes of at least 4 members (excludes halogenated alkanes) is 38. The Labute approximate surface area is 466 Å². The van der Waals surface area contributed by atoms with E-state index in [4.69, 9.17) is 19.3 Å². The largest absolute Gasteiger partial charge is 0.405 e.